The van der Waals surface area contributed by atoms with Crippen LogP contribution in [0.3, 0.4) is 0 Å². The molecule has 0 spiro atoms. The molecule has 3 heteroatoms. The minimum Gasteiger partial charge on any atom is -0.396 e. The van der Waals surface area contributed by atoms with Crippen LogP contribution in [0.25, 0.3) is 0 Å². The summed E-state index contributed by atoms with van der Waals surface area (Å²) in [7, 11) is 0. The van der Waals surface area contributed by atoms with Crippen molar-refractivity contribution in [2.75, 3.05) is 6.61 Å². The van der Waals surface area contributed by atoms with Gasteiger partial charge in [-0.25, -0.2) is 4.57 Å². The molecule has 0 saturated carbocycles. The summed E-state index contributed by atoms with van der Waals surface area (Å²) < 4.78 is 2.03. The standard InChI is InChI=1S/C17H30NO2/c19-15-11-6-4-2-1-3-5-8-12-17(20)16-18-13-9-7-10-14-18/h7,9-10,13-14,17,19-20H,1-6,8,11-12,15-16H2/q+1. The number of aromatic nitrogens is 1. The molecule has 1 aromatic rings. The number of aliphatic hydroxyl groups is 2. The normalized spacial score (nSPS) is 12.5. The Morgan fingerprint density at radius 2 is 1.30 bits per heavy atom. The van der Waals surface area contributed by atoms with Crippen LogP contribution in [-0.4, -0.2) is 22.9 Å². The van der Waals surface area contributed by atoms with Crippen molar-refractivity contribution in [3.05, 3.63) is 30.6 Å². The lowest BCUT2D eigenvalue weighted by atomic mass is 10.1. The molecule has 0 radical (unpaired) electrons. The molecule has 1 rings (SSSR count). The van der Waals surface area contributed by atoms with Gasteiger partial charge in [-0.3, -0.25) is 0 Å². The van der Waals surface area contributed by atoms with Crippen molar-refractivity contribution < 1.29 is 14.8 Å². The maximum absolute atomic E-state index is 9.96. The number of nitrogens with zero attached hydrogens (tertiary/aromatic N) is 1. The van der Waals surface area contributed by atoms with Crippen molar-refractivity contribution in [3.63, 3.8) is 0 Å². The molecule has 2 N–H and O–H groups in total. The van der Waals surface area contributed by atoms with E-state index in [-0.39, 0.29) is 6.10 Å². The zero-order chi connectivity index (χ0) is 14.5. The van der Waals surface area contributed by atoms with E-state index in [1.54, 1.807) is 0 Å². The number of pyridine rings is 1. The third-order valence-electron chi connectivity index (χ3n) is 3.64. The zero-order valence-electron chi connectivity index (χ0n) is 12.6. The van der Waals surface area contributed by atoms with Crippen LogP contribution in [-0.2, 0) is 6.54 Å². The second kappa shape index (κ2) is 11.9. The highest BCUT2D eigenvalue weighted by molar-refractivity contribution is 4.83. The highest BCUT2D eigenvalue weighted by Gasteiger charge is 2.09. The molecule has 0 aliphatic carbocycles. The zero-order valence-corrected chi connectivity index (χ0v) is 12.6. The fraction of sp³-hybridized carbons (Fsp3) is 0.706. The summed E-state index contributed by atoms with van der Waals surface area (Å²) in [6, 6.07) is 5.97. The van der Waals surface area contributed by atoms with Crippen molar-refractivity contribution in [2.45, 2.75) is 70.4 Å². The lowest BCUT2D eigenvalue weighted by Crippen LogP contribution is -2.38. The van der Waals surface area contributed by atoms with Gasteiger partial charge in [0.1, 0.15) is 6.10 Å². The first-order chi connectivity index (χ1) is 9.83. The van der Waals surface area contributed by atoms with Crippen LogP contribution in [0.5, 0.6) is 0 Å². The van der Waals surface area contributed by atoms with Gasteiger partial charge in [-0.15, -0.1) is 0 Å². The number of hydrogen-bond donors (Lipinski definition) is 2. The first-order valence-electron chi connectivity index (χ1n) is 8.06. The van der Waals surface area contributed by atoms with E-state index in [4.69, 9.17) is 5.11 Å². The Morgan fingerprint density at radius 3 is 1.90 bits per heavy atom. The Balaban J connectivity index is 1.91. The van der Waals surface area contributed by atoms with Crippen LogP contribution in [0.2, 0.25) is 0 Å². The molecule has 1 aromatic heterocycles. The molecule has 0 saturated heterocycles. The van der Waals surface area contributed by atoms with Crippen LogP contribution in [0.15, 0.2) is 30.6 Å². The van der Waals surface area contributed by atoms with Gasteiger partial charge in [0.15, 0.2) is 18.9 Å². The summed E-state index contributed by atoms with van der Waals surface area (Å²) in [6.07, 6.45) is 14.2. The Kier molecular flexibility index (Phi) is 10.2. The molecule has 0 amide bonds. The summed E-state index contributed by atoms with van der Waals surface area (Å²) in [5, 5.41) is 18.6. The topological polar surface area (TPSA) is 44.3 Å². The van der Waals surface area contributed by atoms with Gasteiger partial charge in [0.2, 0.25) is 0 Å². The molecule has 1 heterocycles. The van der Waals surface area contributed by atoms with Crippen LogP contribution in [0, 0.1) is 0 Å². The maximum atomic E-state index is 9.96. The van der Waals surface area contributed by atoms with E-state index in [0.29, 0.717) is 13.2 Å². The third-order valence-corrected chi connectivity index (χ3v) is 3.64. The van der Waals surface area contributed by atoms with Gasteiger partial charge in [-0.05, 0) is 12.8 Å². The smallest absolute Gasteiger partial charge is 0.174 e. The van der Waals surface area contributed by atoms with Gasteiger partial charge in [-0.2, -0.15) is 0 Å². The molecule has 0 aliphatic heterocycles. The average Bonchev–Trinajstić information content (AvgIpc) is 2.46. The third kappa shape index (κ3) is 9.05. The highest BCUT2D eigenvalue weighted by Crippen LogP contribution is 2.10. The van der Waals surface area contributed by atoms with Gasteiger partial charge in [0.05, 0.1) is 0 Å². The predicted octanol–water partition coefficient (Wildman–Crippen LogP) is 2.84. The van der Waals surface area contributed by atoms with E-state index in [1.807, 2.05) is 35.2 Å². The van der Waals surface area contributed by atoms with E-state index >= 15 is 0 Å². The van der Waals surface area contributed by atoms with Crippen molar-refractivity contribution in [1.29, 1.82) is 0 Å². The predicted molar refractivity (Wildman–Crippen MR) is 81.3 cm³/mol. The second-order valence-electron chi connectivity index (χ2n) is 5.57. The molecule has 1 unspecified atom stereocenters. The second-order valence-corrected chi connectivity index (χ2v) is 5.57. The van der Waals surface area contributed by atoms with Crippen LogP contribution in [0.4, 0.5) is 0 Å². The molecule has 0 aliphatic rings. The number of hydrogen-bond acceptors (Lipinski definition) is 2. The Hall–Kier alpha value is -0.930. The lowest BCUT2D eigenvalue weighted by molar-refractivity contribution is -0.703. The van der Waals surface area contributed by atoms with E-state index < -0.39 is 0 Å². The van der Waals surface area contributed by atoms with Gasteiger partial charge < -0.3 is 10.2 Å². The molecule has 114 valence electrons. The van der Waals surface area contributed by atoms with E-state index in [9.17, 15) is 5.11 Å². The average molecular weight is 280 g/mol. The van der Waals surface area contributed by atoms with E-state index in [2.05, 4.69) is 0 Å². The summed E-state index contributed by atoms with van der Waals surface area (Å²) in [5.41, 5.74) is 0. The van der Waals surface area contributed by atoms with E-state index in [0.717, 1.165) is 25.7 Å². The summed E-state index contributed by atoms with van der Waals surface area (Å²) in [6.45, 7) is 1.03. The highest BCUT2D eigenvalue weighted by atomic mass is 16.3. The van der Waals surface area contributed by atoms with Crippen LogP contribution in [0.1, 0.15) is 57.8 Å². The summed E-state index contributed by atoms with van der Waals surface area (Å²) in [4.78, 5) is 0. The van der Waals surface area contributed by atoms with Gasteiger partial charge in [-0.1, -0.05) is 51.0 Å². The summed E-state index contributed by atoms with van der Waals surface area (Å²) in [5.74, 6) is 0. The number of rotatable bonds is 12. The Bertz CT molecular complexity index is 316. The minimum atomic E-state index is -0.230. The van der Waals surface area contributed by atoms with Gasteiger partial charge >= 0.3 is 0 Å². The molecule has 0 aromatic carbocycles. The van der Waals surface area contributed by atoms with Gasteiger partial charge in [0, 0.05) is 18.7 Å². The minimum absolute atomic E-state index is 0.230. The monoisotopic (exact) mass is 280 g/mol. The molecular formula is C17H30NO2+. The Morgan fingerprint density at radius 1 is 0.750 bits per heavy atom. The molecular weight excluding hydrogens is 250 g/mol. The first kappa shape index (κ1) is 17.1. The van der Waals surface area contributed by atoms with Crippen molar-refractivity contribution in [3.8, 4) is 0 Å². The van der Waals surface area contributed by atoms with Crippen LogP contribution >= 0.6 is 0 Å². The Labute approximate surface area is 123 Å². The van der Waals surface area contributed by atoms with Crippen molar-refractivity contribution in [2.24, 2.45) is 0 Å². The molecule has 3 nitrogen and oxygen atoms in total. The SMILES string of the molecule is OCCCCCCCCCCC(O)C[n+]1ccccc1. The molecule has 0 bridgehead atoms. The maximum Gasteiger partial charge on any atom is 0.174 e. The molecule has 20 heavy (non-hydrogen) atoms. The molecule has 1 atom stereocenters. The quantitative estimate of drug-likeness (QED) is 0.457. The van der Waals surface area contributed by atoms with Gasteiger partial charge in [0.25, 0.3) is 0 Å². The fourth-order valence-corrected chi connectivity index (χ4v) is 2.44. The number of aliphatic hydroxyl groups excluding tert-OH is 2. The first-order valence-corrected chi connectivity index (χ1v) is 8.06. The van der Waals surface area contributed by atoms with Crippen molar-refractivity contribution >= 4 is 0 Å². The van der Waals surface area contributed by atoms with E-state index in [1.165, 1.54) is 32.1 Å². The fourth-order valence-electron chi connectivity index (χ4n) is 2.44. The lowest BCUT2D eigenvalue weighted by Gasteiger charge is -2.07. The summed E-state index contributed by atoms with van der Waals surface area (Å²) >= 11 is 0. The number of unbranched alkanes of at least 4 members (excludes halogenated alkanes) is 7. The van der Waals surface area contributed by atoms with Crippen LogP contribution < -0.4 is 4.57 Å². The molecule has 0 fully saturated rings. The van der Waals surface area contributed by atoms with Crippen molar-refractivity contribution in [1.82, 2.24) is 0 Å². The largest absolute Gasteiger partial charge is 0.396 e.